The maximum absolute atomic E-state index is 12.6. The molecule has 0 aromatic heterocycles. The molecule has 5 heteroatoms. The van der Waals surface area contributed by atoms with Gasteiger partial charge in [-0.3, -0.25) is 4.79 Å². The van der Waals surface area contributed by atoms with Gasteiger partial charge < -0.3 is 9.84 Å². The highest BCUT2D eigenvalue weighted by atomic mass is 19.2. The SMILES string of the molecule is O=C(CO)COc1ccc(F)c(F)c1. The molecule has 1 rings (SSSR count). The normalized spacial score (nSPS) is 9.93. The third-order valence-corrected chi connectivity index (χ3v) is 1.47. The first-order valence-electron chi connectivity index (χ1n) is 3.84. The number of Topliss-reactive ketones (excluding diaryl/α,β-unsaturated/α-hetero) is 1. The monoisotopic (exact) mass is 202 g/mol. The average Bonchev–Trinajstić information content (AvgIpc) is 2.19. The highest BCUT2D eigenvalue weighted by Gasteiger charge is 2.05. The van der Waals surface area contributed by atoms with Crippen LogP contribution in [0.3, 0.4) is 0 Å². The number of rotatable bonds is 4. The van der Waals surface area contributed by atoms with Crippen LogP contribution in [0.5, 0.6) is 5.75 Å². The zero-order valence-electron chi connectivity index (χ0n) is 7.17. The predicted molar refractivity (Wildman–Crippen MR) is 43.9 cm³/mol. The van der Waals surface area contributed by atoms with Gasteiger partial charge in [-0.1, -0.05) is 0 Å². The van der Waals surface area contributed by atoms with Crippen LogP contribution in [0.15, 0.2) is 18.2 Å². The van der Waals surface area contributed by atoms with Gasteiger partial charge in [-0.2, -0.15) is 0 Å². The van der Waals surface area contributed by atoms with Crippen molar-refractivity contribution in [1.82, 2.24) is 0 Å². The summed E-state index contributed by atoms with van der Waals surface area (Å²) in [5.41, 5.74) is 0. The standard InChI is InChI=1S/C9H8F2O3/c10-8-2-1-7(3-9(8)11)14-5-6(13)4-12/h1-3,12H,4-5H2. The van der Waals surface area contributed by atoms with Crippen LogP contribution in [0.4, 0.5) is 8.78 Å². The molecule has 0 unspecified atom stereocenters. The summed E-state index contributed by atoms with van der Waals surface area (Å²) in [7, 11) is 0. The van der Waals surface area contributed by atoms with Gasteiger partial charge in [0.1, 0.15) is 19.0 Å². The van der Waals surface area contributed by atoms with Gasteiger partial charge in [-0.25, -0.2) is 8.78 Å². The van der Waals surface area contributed by atoms with E-state index in [0.29, 0.717) is 0 Å². The molecule has 0 saturated carbocycles. The lowest BCUT2D eigenvalue weighted by atomic mass is 10.3. The van der Waals surface area contributed by atoms with Crippen molar-refractivity contribution in [1.29, 1.82) is 0 Å². The molecule has 1 aromatic carbocycles. The Morgan fingerprint density at radius 2 is 2.07 bits per heavy atom. The number of ketones is 1. The van der Waals surface area contributed by atoms with Gasteiger partial charge in [0.05, 0.1) is 0 Å². The van der Waals surface area contributed by atoms with Gasteiger partial charge in [0.15, 0.2) is 17.4 Å². The van der Waals surface area contributed by atoms with Crippen LogP contribution in [0.2, 0.25) is 0 Å². The molecular weight excluding hydrogens is 194 g/mol. The first-order chi connectivity index (χ1) is 6.63. The van der Waals surface area contributed by atoms with E-state index in [1.807, 2.05) is 0 Å². The molecule has 0 fully saturated rings. The second-order valence-electron chi connectivity index (χ2n) is 2.56. The zero-order valence-corrected chi connectivity index (χ0v) is 7.17. The molecule has 0 spiro atoms. The summed E-state index contributed by atoms with van der Waals surface area (Å²) in [6, 6.07) is 2.93. The van der Waals surface area contributed by atoms with Gasteiger partial charge in [0.25, 0.3) is 0 Å². The Bertz CT molecular complexity index is 339. The molecule has 0 saturated heterocycles. The van der Waals surface area contributed by atoms with E-state index in [0.717, 1.165) is 12.1 Å². The van der Waals surface area contributed by atoms with Crippen LogP contribution in [0, 0.1) is 11.6 Å². The van der Waals surface area contributed by atoms with Gasteiger partial charge in [0.2, 0.25) is 0 Å². The zero-order chi connectivity index (χ0) is 10.6. The molecule has 0 bridgehead atoms. The maximum Gasteiger partial charge on any atom is 0.195 e. The van der Waals surface area contributed by atoms with E-state index in [1.54, 1.807) is 0 Å². The number of carbonyl (C=O) groups excluding carboxylic acids is 1. The molecule has 14 heavy (non-hydrogen) atoms. The Morgan fingerprint density at radius 3 is 2.64 bits per heavy atom. The Morgan fingerprint density at radius 1 is 1.36 bits per heavy atom. The van der Waals surface area contributed by atoms with Crippen LogP contribution in [0.25, 0.3) is 0 Å². The number of aliphatic hydroxyl groups excluding tert-OH is 1. The quantitative estimate of drug-likeness (QED) is 0.789. The first-order valence-corrected chi connectivity index (χ1v) is 3.84. The van der Waals surface area contributed by atoms with Crippen LogP contribution < -0.4 is 4.74 Å². The number of carbonyl (C=O) groups is 1. The van der Waals surface area contributed by atoms with Crippen LogP contribution >= 0.6 is 0 Å². The molecule has 0 amide bonds. The van der Waals surface area contributed by atoms with Gasteiger partial charge in [-0.05, 0) is 12.1 Å². The molecule has 0 radical (unpaired) electrons. The van der Waals surface area contributed by atoms with Gasteiger partial charge >= 0.3 is 0 Å². The summed E-state index contributed by atoms with van der Waals surface area (Å²) in [5, 5.41) is 8.35. The molecule has 0 aliphatic heterocycles. The molecule has 3 nitrogen and oxygen atoms in total. The lowest BCUT2D eigenvalue weighted by molar-refractivity contribution is -0.123. The number of hydrogen-bond acceptors (Lipinski definition) is 3. The van der Waals surface area contributed by atoms with Crippen molar-refractivity contribution in [3.63, 3.8) is 0 Å². The summed E-state index contributed by atoms with van der Waals surface area (Å²) < 4.78 is 29.8. The van der Waals surface area contributed by atoms with Crippen molar-refractivity contribution in [2.75, 3.05) is 13.2 Å². The topological polar surface area (TPSA) is 46.5 Å². The van der Waals surface area contributed by atoms with E-state index < -0.39 is 24.0 Å². The van der Waals surface area contributed by atoms with Crippen molar-refractivity contribution in [3.05, 3.63) is 29.8 Å². The minimum Gasteiger partial charge on any atom is -0.486 e. The van der Waals surface area contributed by atoms with Crippen molar-refractivity contribution in [2.24, 2.45) is 0 Å². The molecule has 0 atom stereocenters. The Hall–Kier alpha value is -1.49. The largest absolute Gasteiger partial charge is 0.486 e. The minimum absolute atomic E-state index is 0.0469. The fourth-order valence-electron chi connectivity index (χ4n) is 0.776. The molecular formula is C9H8F2O3. The Labute approximate surface area is 78.9 Å². The van der Waals surface area contributed by atoms with Crippen molar-refractivity contribution in [3.8, 4) is 5.75 Å². The smallest absolute Gasteiger partial charge is 0.195 e. The fourth-order valence-corrected chi connectivity index (χ4v) is 0.776. The number of halogens is 2. The van der Waals surface area contributed by atoms with E-state index >= 15 is 0 Å². The third-order valence-electron chi connectivity index (χ3n) is 1.47. The van der Waals surface area contributed by atoms with E-state index in [-0.39, 0.29) is 12.4 Å². The Balaban J connectivity index is 2.60. The molecule has 1 N–H and O–H groups in total. The van der Waals surface area contributed by atoms with Crippen molar-refractivity contribution < 1.29 is 23.4 Å². The highest BCUT2D eigenvalue weighted by Crippen LogP contribution is 2.15. The van der Waals surface area contributed by atoms with Crippen LogP contribution in [-0.2, 0) is 4.79 Å². The molecule has 0 aliphatic rings. The van der Waals surface area contributed by atoms with E-state index in [1.165, 1.54) is 6.07 Å². The van der Waals surface area contributed by atoms with Crippen LogP contribution in [0.1, 0.15) is 0 Å². The lowest BCUT2D eigenvalue weighted by Gasteiger charge is -2.03. The predicted octanol–water partition coefficient (Wildman–Crippen LogP) is 0.905. The average molecular weight is 202 g/mol. The highest BCUT2D eigenvalue weighted by molar-refractivity contribution is 5.80. The lowest BCUT2D eigenvalue weighted by Crippen LogP contribution is -2.14. The van der Waals surface area contributed by atoms with Crippen molar-refractivity contribution in [2.45, 2.75) is 0 Å². The number of hydrogen-bond donors (Lipinski definition) is 1. The first kappa shape index (κ1) is 10.6. The van der Waals surface area contributed by atoms with E-state index in [9.17, 15) is 13.6 Å². The Kier molecular flexibility index (Phi) is 3.53. The summed E-state index contributed by atoms with van der Waals surface area (Å²) in [6.45, 7) is -0.995. The second kappa shape index (κ2) is 4.66. The summed E-state index contributed by atoms with van der Waals surface area (Å²) >= 11 is 0. The maximum atomic E-state index is 12.6. The molecule has 76 valence electrons. The molecule has 1 aromatic rings. The minimum atomic E-state index is -1.04. The second-order valence-corrected chi connectivity index (χ2v) is 2.56. The van der Waals surface area contributed by atoms with Gasteiger partial charge in [-0.15, -0.1) is 0 Å². The fraction of sp³-hybridized carbons (Fsp3) is 0.222. The summed E-state index contributed by atoms with van der Waals surface area (Å²) in [6.07, 6.45) is 0. The summed E-state index contributed by atoms with van der Waals surface area (Å²) in [4.78, 5) is 10.6. The summed E-state index contributed by atoms with van der Waals surface area (Å²) in [5.74, 6) is -2.51. The van der Waals surface area contributed by atoms with Crippen molar-refractivity contribution >= 4 is 5.78 Å². The molecule has 0 heterocycles. The number of ether oxygens (including phenoxy) is 1. The number of benzene rings is 1. The van der Waals surface area contributed by atoms with E-state index in [4.69, 9.17) is 9.84 Å². The van der Waals surface area contributed by atoms with Gasteiger partial charge in [0, 0.05) is 6.07 Å². The third kappa shape index (κ3) is 2.77. The van der Waals surface area contributed by atoms with Crippen LogP contribution in [-0.4, -0.2) is 24.1 Å². The number of aliphatic hydroxyl groups is 1. The van der Waals surface area contributed by atoms with E-state index in [2.05, 4.69) is 0 Å². The molecule has 0 aliphatic carbocycles.